The van der Waals surface area contributed by atoms with Crippen molar-refractivity contribution in [3.8, 4) is 0 Å². The number of rotatable bonds is 14. The number of benzene rings is 2. The average Bonchev–Trinajstić information content (AvgIpc) is 4.14. The molecule has 340 valence electrons. The Morgan fingerprint density at radius 3 is 2.02 bits per heavy atom. The topological polar surface area (TPSA) is 196 Å². The van der Waals surface area contributed by atoms with Gasteiger partial charge in [-0.2, -0.15) is 0 Å². The number of aromatic nitrogens is 5. The number of aromatic amines is 2. The van der Waals surface area contributed by atoms with Crippen LogP contribution in [0.2, 0.25) is 0 Å². The van der Waals surface area contributed by atoms with Gasteiger partial charge in [-0.1, -0.05) is 32.9 Å². The Balaban J connectivity index is 1.06. The first-order valence-electron chi connectivity index (χ1n) is 22.5. The van der Waals surface area contributed by atoms with Crippen LogP contribution in [0.3, 0.4) is 0 Å². The summed E-state index contributed by atoms with van der Waals surface area (Å²) in [5.41, 5.74) is 6.91. The normalized spacial score (nSPS) is 21.7. The Morgan fingerprint density at radius 1 is 0.859 bits per heavy atom. The smallest absolute Gasteiger partial charge is 0.407 e. The first-order chi connectivity index (χ1) is 30.8. The van der Waals surface area contributed by atoms with Crippen LogP contribution in [0.5, 0.6) is 0 Å². The van der Waals surface area contributed by atoms with Gasteiger partial charge in [-0.3, -0.25) is 9.69 Å². The molecule has 5 aromatic rings. The van der Waals surface area contributed by atoms with E-state index < -0.39 is 24.3 Å². The largest absolute Gasteiger partial charge is 0.465 e. The van der Waals surface area contributed by atoms with E-state index >= 15 is 0 Å². The van der Waals surface area contributed by atoms with Crippen molar-refractivity contribution in [2.24, 2.45) is 11.8 Å². The van der Waals surface area contributed by atoms with Crippen molar-refractivity contribution < 1.29 is 29.0 Å². The highest BCUT2D eigenvalue weighted by atomic mass is 16.5. The number of anilines is 2. The van der Waals surface area contributed by atoms with Crippen molar-refractivity contribution in [1.29, 1.82) is 0 Å². The summed E-state index contributed by atoms with van der Waals surface area (Å²) >= 11 is 0. The molecule has 0 aliphatic carbocycles. The van der Waals surface area contributed by atoms with Gasteiger partial charge < -0.3 is 49.5 Å². The molecule has 3 fully saturated rings. The highest BCUT2D eigenvalue weighted by Gasteiger charge is 2.40. The minimum absolute atomic E-state index is 0.0325. The molecule has 3 amide bonds. The Hall–Kier alpha value is -6.23. The Morgan fingerprint density at radius 2 is 1.47 bits per heavy atom. The van der Waals surface area contributed by atoms with Crippen LogP contribution < -0.4 is 15.1 Å². The molecule has 0 spiro atoms. The molecule has 3 saturated heterocycles. The van der Waals surface area contributed by atoms with Gasteiger partial charge >= 0.3 is 12.2 Å². The molecular formula is C47H61N11O6. The summed E-state index contributed by atoms with van der Waals surface area (Å²) in [7, 11) is 6.71. The van der Waals surface area contributed by atoms with E-state index in [1.807, 2.05) is 50.9 Å². The summed E-state index contributed by atoms with van der Waals surface area (Å²) in [6, 6.07) is 15.6. The number of aldehydes is 1. The second kappa shape index (κ2) is 18.5. The predicted octanol–water partition coefficient (Wildman–Crippen LogP) is 6.98. The van der Waals surface area contributed by atoms with Crippen LogP contribution in [0.25, 0.3) is 22.1 Å². The zero-order chi connectivity index (χ0) is 45.4. The van der Waals surface area contributed by atoms with Gasteiger partial charge in [0.25, 0.3) is 0 Å². The first-order valence-corrected chi connectivity index (χ1v) is 22.5. The SMILES string of the molecule is COC(=O)N[C@H](C(=O)N1CCC[C@H]1c1nc2ccc([C@H]3CC[C@H](c4ccc5nc([C@@H]6CCCN6CC(C)[C@@H](C=O)N(C)C(=O)O)[nH]c5c4)N3c3ccc(N(C)C)nc3)cc2[nH]1)C(C)C. The molecule has 17 heteroatoms. The third-order valence-corrected chi connectivity index (χ3v) is 13.6. The van der Waals surface area contributed by atoms with Crippen LogP contribution in [0.1, 0.15) is 106 Å². The molecule has 8 rings (SSSR count). The third kappa shape index (κ3) is 8.69. The molecule has 2 aromatic carbocycles. The highest BCUT2D eigenvalue weighted by molar-refractivity contribution is 5.87. The summed E-state index contributed by atoms with van der Waals surface area (Å²) < 4.78 is 4.82. The van der Waals surface area contributed by atoms with Crippen LogP contribution in [-0.2, 0) is 14.3 Å². The number of amides is 3. The number of methoxy groups -OCH3 is 1. The van der Waals surface area contributed by atoms with E-state index in [-0.39, 0.29) is 41.9 Å². The van der Waals surface area contributed by atoms with Gasteiger partial charge in [-0.05, 0) is 104 Å². The van der Waals surface area contributed by atoms with Crippen molar-refractivity contribution in [3.05, 3.63) is 77.5 Å². The molecule has 4 N–H and O–H groups in total. The van der Waals surface area contributed by atoms with Crippen molar-refractivity contribution in [2.45, 2.75) is 95.5 Å². The maximum Gasteiger partial charge on any atom is 0.407 e. The number of nitrogens with one attached hydrogen (secondary N) is 3. The van der Waals surface area contributed by atoms with Gasteiger partial charge in [-0.25, -0.2) is 24.5 Å². The number of carbonyl (C=O) groups excluding carboxylic acids is 3. The molecule has 17 nitrogen and oxygen atoms in total. The Bertz CT molecular complexity index is 2490. The van der Waals surface area contributed by atoms with Crippen molar-refractivity contribution >= 4 is 58.0 Å². The van der Waals surface area contributed by atoms with E-state index in [1.54, 1.807) is 0 Å². The summed E-state index contributed by atoms with van der Waals surface area (Å²) in [5, 5.41) is 12.3. The summed E-state index contributed by atoms with van der Waals surface area (Å²) in [6.07, 6.45) is 6.27. The number of imidazole rings is 2. The lowest BCUT2D eigenvalue weighted by molar-refractivity contribution is -0.135. The van der Waals surface area contributed by atoms with Gasteiger partial charge in [0.15, 0.2) is 0 Å². The quantitative estimate of drug-likeness (QED) is 0.0838. The van der Waals surface area contributed by atoms with Gasteiger partial charge in [0, 0.05) is 34.2 Å². The number of hydrogen-bond donors (Lipinski definition) is 4. The number of likely N-dealkylation sites (tertiary alicyclic amines) is 2. The molecule has 1 unspecified atom stereocenters. The lowest BCUT2D eigenvalue weighted by Crippen LogP contribution is -2.51. The Labute approximate surface area is 373 Å². The van der Waals surface area contributed by atoms with Crippen molar-refractivity contribution in [2.75, 3.05) is 57.7 Å². The molecule has 0 bridgehead atoms. The summed E-state index contributed by atoms with van der Waals surface area (Å²) in [5.74, 6) is 2.04. The maximum atomic E-state index is 13.9. The molecule has 7 atom stereocenters. The number of alkyl carbamates (subject to hydrolysis) is 1. The maximum absolute atomic E-state index is 13.9. The van der Waals surface area contributed by atoms with Crippen molar-refractivity contribution in [1.82, 2.24) is 44.9 Å². The first kappa shape index (κ1) is 44.4. The van der Waals surface area contributed by atoms with Crippen LogP contribution >= 0.6 is 0 Å². The Kier molecular flexibility index (Phi) is 12.8. The zero-order valence-corrected chi connectivity index (χ0v) is 37.8. The lowest BCUT2D eigenvalue weighted by atomic mass is 10.0. The second-order valence-electron chi connectivity index (χ2n) is 18.3. The summed E-state index contributed by atoms with van der Waals surface area (Å²) in [6.45, 7) is 7.76. The van der Waals surface area contributed by atoms with E-state index in [1.165, 1.54) is 19.7 Å². The van der Waals surface area contributed by atoms with Crippen LogP contribution in [0.15, 0.2) is 54.7 Å². The lowest BCUT2D eigenvalue weighted by Gasteiger charge is -2.33. The fourth-order valence-electron chi connectivity index (χ4n) is 10.2. The monoisotopic (exact) mass is 875 g/mol. The predicted molar refractivity (Wildman–Crippen MR) is 244 cm³/mol. The van der Waals surface area contributed by atoms with Gasteiger partial charge in [-0.15, -0.1) is 0 Å². The van der Waals surface area contributed by atoms with Crippen molar-refractivity contribution in [3.63, 3.8) is 0 Å². The van der Waals surface area contributed by atoms with E-state index in [9.17, 15) is 24.3 Å². The second-order valence-corrected chi connectivity index (χ2v) is 18.3. The molecule has 64 heavy (non-hydrogen) atoms. The minimum atomic E-state index is -1.12. The number of nitrogens with zero attached hydrogens (tertiary/aromatic N) is 8. The number of fused-ring (bicyclic) bond motifs is 2. The van der Waals surface area contributed by atoms with Crippen LogP contribution in [0.4, 0.5) is 21.1 Å². The minimum Gasteiger partial charge on any atom is -0.465 e. The molecule has 3 aromatic heterocycles. The average molecular weight is 876 g/mol. The fraction of sp³-hybridized carbons (Fsp3) is 0.511. The number of carbonyl (C=O) groups is 4. The third-order valence-electron chi connectivity index (χ3n) is 13.6. The van der Waals surface area contributed by atoms with E-state index in [2.05, 4.69) is 73.6 Å². The standard InChI is InChI=1S/C47H61N11O6/c1-27(2)42(53-46(61)64-7)45(60)57-21-9-11-39(57)44-50-33-16-13-30(23-35(33)52-44)37-18-17-36(58(37)31-14-19-41(48-24-31)54(4)5)29-12-15-32-34(22-29)51-43(49-32)38-10-8-20-56(38)25-28(3)40(26-59)55(6)47(62)63/h12-16,19,22-24,26-28,36-40,42H,8-11,17-18,20-21,25H2,1-7H3,(H,49,51)(H,50,52)(H,53,61)(H,62,63)/t28?,36-,37-,38+,39+,40-,42+/m1/s1. The van der Waals surface area contributed by atoms with Gasteiger partial charge in [0.1, 0.15) is 29.8 Å². The molecular weight excluding hydrogens is 815 g/mol. The zero-order valence-electron chi connectivity index (χ0n) is 37.8. The van der Waals surface area contributed by atoms with E-state index in [0.29, 0.717) is 13.1 Å². The number of pyridine rings is 1. The van der Waals surface area contributed by atoms with Gasteiger partial charge in [0.05, 0.1) is 71.3 Å². The number of ether oxygens (including phenoxy) is 1. The molecule has 3 aliphatic rings. The molecule has 0 radical (unpaired) electrons. The van der Waals surface area contributed by atoms with Crippen LogP contribution in [0, 0.1) is 11.8 Å². The molecule has 3 aliphatic heterocycles. The highest BCUT2D eigenvalue weighted by Crippen LogP contribution is 2.48. The van der Waals surface area contributed by atoms with E-state index in [0.717, 1.165) is 107 Å². The molecule has 0 saturated carbocycles. The number of hydrogen-bond acceptors (Lipinski definition) is 11. The fourth-order valence-corrected chi connectivity index (χ4v) is 10.2. The number of likely N-dealkylation sites (N-methyl/N-ethyl adjacent to an activating group) is 1. The van der Waals surface area contributed by atoms with Crippen LogP contribution in [-0.4, -0.2) is 129 Å². The molecule has 6 heterocycles. The number of H-pyrrole nitrogens is 2. The van der Waals surface area contributed by atoms with E-state index in [4.69, 9.17) is 19.7 Å². The van der Waals surface area contributed by atoms with Gasteiger partial charge in [0.2, 0.25) is 5.91 Å². The number of carboxylic acid groups (broad SMARTS) is 1. The summed E-state index contributed by atoms with van der Waals surface area (Å²) in [4.78, 5) is 81.5.